The van der Waals surface area contributed by atoms with E-state index in [1.807, 2.05) is 80.4 Å². The molecule has 2 aromatic carbocycles. The number of hydrogen-bond acceptors (Lipinski definition) is 8. The number of benzene rings is 2. The maximum absolute atomic E-state index is 13.8. The molecule has 10 nitrogen and oxygen atoms in total. The van der Waals surface area contributed by atoms with Gasteiger partial charge in [0.05, 0.1) is 12.1 Å². The van der Waals surface area contributed by atoms with Crippen LogP contribution in [0.4, 0.5) is 0 Å². The maximum atomic E-state index is 13.8. The molecule has 1 aliphatic heterocycles. The van der Waals surface area contributed by atoms with E-state index in [-0.39, 0.29) is 24.8 Å². The van der Waals surface area contributed by atoms with Gasteiger partial charge in [0.2, 0.25) is 11.8 Å². The van der Waals surface area contributed by atoms with Gasteiger partial charge >= 0.3 is 0 Å². The van der Waals surface area contributed by atoms with Crippen LogP contribution in [0.15, 0.2) is 79.1 Å². The Kier molecular flexibility index (Phi) is 10.9. The topological polar surface area (TPSA) is 138 Å². The van der Waals surface area contributed by atoms with Crippen LogP contribution in [-0.4, -0.2) is 91.9 Å². The lowest BCUT2D eigenvalue weighted by Crippen LogP contribution is -2.61. The van der Waals surface area contributed by atoms with E-state index in [0.29, 0.717) is 37.2 Å². The van der Waals surface area contributed by atoms with E-state index in [1.54, 1.807) is 24.4 Å². The largest absolute Gasteiger partial charge is 0.392 e. The smallest absolute Gasteiger partial charge is 0.239 e. The lowest BCUT2D eigenvalue weighted by atomic mass is 9.91. The Labute approximate surface area is 271 Å². The first-order valence-electron chi connectivity index (χ1n) is 16.1. The second-order valence-electron chi connectivity index (χ2n) is 13.7. The summed E-state index contributed by atoms with van der Waals surface area (Å²) in [5, 5.41) is 39.0. The van der Waals surface area contributed by atoms with Crippen LogP contribution in [0.3, 0.4) is 0 Å². The zero-order valence-electron chi connectivity index (χ0n) is 26.9. The maximum Gasteiger partial charge on any atom is 0.239 e. The number of aliphatic hydroxyl groups is 3. The fourth-order valence-electron chi connectivity index (χ4n) is 6.59. The van der Waals surface area contributed by atoms with Crippen LogP contribution in [0.1, 0.15) is 61.6 Å². The molecule has 0 unspecified atom stereocenters. The SMILES string of the molecule is CC(C)(C)NC(=O)[C@@H]1CN(Cc2cccnc2)CCN1C[C@@H](O)C[C@@H](Cc1ccccc1)C(=O)N[C@H]1c2ccccc2[C@@H](O)[C@H]1O. The minimum atomic E-state index is -1.17. The summed E-state index contributed by atoms with van der Waals surface area (Å²) in [7, 11) is 0. The molecule has 2 aliphatic rings. The Bertz CT molecular complexity index is 1450. The molecule has 0 bridgehead atoms. The van der Waals surface area contributed by atoms with Crippen molar-refractivity contribution in [2.45, 2.75) is 76.1 Å². The summed E-state index contributed by atoms with van der Waals surface area (Å²) in [6.07, 6.45) is 0.983. The summed E-state index contributed by atoms with van der Waals surface area (Å²) in [5.41, 5.74) is 2.90. The number of aliphatic hydroxyl groups excluding tert-OH is 3. The number of hydrogen-bond donors (Lipinski definition) is 5. The van der Waals surface area contributed by atoms with E-state index in [1.165, 1.54) is 0 Å². The molecule has 246 valence electrons. The van der Waals surface area contributed by atoms with Crippen LogP contribution in [-0.2, 0) is 22.6 Å². The lowest BCUT2D eigenvalue weighted by Gasteiger charge is -2.42. The summed E-state index contributed by atoms with van der Waals surface area (Å²) in [6.45, 7) is 8.55. The number of rotatable bonds is 11. The molecule has 6 atom stereocenters. The molecular weight excluding hydrogens is 582 g/mol. The standard InChI is InChI=1S/C36H47N5O5/c1-36(2,3)39-35(46)30-23-40(21-25-12-9-15-37-20-25)16-17-41(30)22-27(42)19-26(18-24-10-5-4-6-11-24)34(45)38-31-28-13-7-8-14-29(28)32(43)33(31)44/h4-15,20,26-27,30-33,42-44H,16-19,21-23H2,1-3H3,(H,38,45)(H,39,46)/t26-,27+,30+,31+,32-,33+/m1/s1. The van der Waals surface area contributed by atoms with Gasteiger partial charge in [-0.3, -0.25) is 24.4 Å². The zero-order valence-corrected chi connectivity index (χ0v) is 26.9. The van der Waals surface area contributed by atoms with Crippen molar-refractivity contribution in [1.29, 1.82) is 0 Å². The number of nitrogens with zero attached hydrogens (tertiary/aromatic N) is 3. The summed E-state index contributed by atoms with van der Waals surface area (Å²) in [6, 6.07) is 19.5. The van der Waals surface area contributed by atoms with Crippen LogP contribution < -0.4 is 10.6 Å². The molecule has 1 aromatic heterocycles. The average molecular weight is 630 g/mol. The van der Waals surface area contributed by atoms with Gasteiger partial charge in [-0.25, -0.2) is 0 Å². The monoisotopic (exact) mass is 629 g/mol. The first kappa shape index (κ1) is 33.7. The number of piperazine rings is 1. The highest BCUT2D eigenvalue weighted by Crippen LogP contribution is 2.39. The summed E-state index contributed by atoms with van der Waals surface area (Å²) < 4.78 is 0. The van der Waals surface area contributed by atoms with Gasteiger partial charge < -0.3 is 26.0 Å². The first-order chi connectivity index (χ1) is 22.0. The third-order valence-electron chi connectivity index (χ3n) is 8.82. The lowest BCUT2D eigenvalue weighted by molar-refractivity contribution is -0.132. The van der Waals surface area contributed by atoms with E-state index in [2.05, 4.69) is 20.5 Å². The third-order valence-corrected chi connectivity index (χ3v) is 8.82. The normalized spacial score (nSPS) is 23.3. The number of β-amino-alcohol motifs (C(OH)–C–C–N with tert-alkyl or cyclic N) is 1. The fourth-order valence-corrected chi connectivity index (χ4v) is 6.59. The average Bonchev–Trinajstić information content (AvgIpc) is 3.26. The van der Waals surface area contributed by atoms with Crippen molar-refractivity contribution in [3.05, 3.63) is 101 Å². The summed E-state index contributed by atoms with van der Waals surface area (Å²) >= 11 is 0. The molecule has 1 fully saturated rings. The highest BCUT2D eigenvalue weighted by Gasteiger charge is 2.41. The predicted octanol–water partition coefficient (Wildman–Crippen LogP) is 2.36. The molecule has 0 radical (unpaired) electrons. The molecule has 5 rings (SSSR count). The van der Waals surface area contributed by atoms with E-state index >= 15 is 0 Å². The minimum Gasteiger partial charge on any atom is -0.392 e. The molecule has 10 heteroatoms. The van der Waals surface area contributed by atoms with Gasteiger partial charge in [-0.1, -0.05) is 60.7 Å². The molecule has 0 saturated carbocycles. The molecule has 2 amide bonds. The predicted molar refractivity (Wildman–Crippen MR) is 175 cm³/mol. The van der Waals surface area contributed by atoms with E-state index in [9.17, 15) is 24.9 Å². The van der Waals surface area contributed by atoms with Crippen molar-refractivity contribution in [3.8, 4) is 0 Å². The summed E-state index contributed by atoms with van der Waals surface area (Å²) in [5.74, 6) is -1.01. The molecular formula is C36H47N5O5. The van der Waals surface area contributed by atoms with Gasteiger partial charge in [0.15, 0.2) is 0 Å². The minimum absolute atomic E-state index is 0.0957. The number of pyridine rings is 1. The highest BCUT2D eigenvalue weighted by atomic mass is 16.3. The molecule has 1 aliphatic carbocycles. The fraction of sp³-hybridized carbons (Fsp3) is 0.472. The van der Waals surface area contributed by atoms with Crippen LogP contribution in [0, 0.1) is 5.92 Å². The summed E-state index contributed by atoms with van der Waals surface area (Å²) in [4.78, 5) is 35.9. The van der Waals surface area contributed by atoms with Gasteiger partial charge in [-0.15, -0.1) is 0 Å². The number of amides is 2. The zero-order chi connectivity index (χ0) is 32.8. The molecule has 5 N–H and O–H groups in total. The van der Waals surface area contributed by atoms with Crippen LogP contribution >= 0.6 is 0 Å². The van der Waals surface area contributed by atoms with E-state index < -0.39 is 41.9 Å². The molecule has 3 aromatic rings. The molecule has 1 saturated heterocycles. The van der Waals surface area contributed by atoms with Gasteiger partial charge in [-0.05, 0) is 61.9 Å². The van der Waals surface area contributed by atoms with Gasteiger partial charge in [-0.2, -0.15) is 0 Å². The van der Waals surface area contributed by atoms with Gasteiger partial charge in [0, 0.05) is 56.6 Å². The molecule has 0 spiro atoms. The number of aromatic nitrogens is 1. The Morgan fingerprint density at radius 3 is 2.35 bits per heavy atom. The molecule has 2 heterocycles. The van der Waals surface area contributed by atoms with Crippen LogP contribution in [0.5, 0.6) is 0 Å². The van der Waals surface area contributed by atoms with Crippen LogP contribution in [0.2, 0.25) is 0 Å². The number of fused-ring (bicyclic) bond motifs is 1. The van der Waals surface area contributed by atoms with Crippen molar-refractivity contribution >= 4 is 11.8 Å². The van der Waals surface area contributed by atoms with Gasteiger partial charge in [0.25, 0.3) is 0 Å². The van der Waals surface area contributed by atoms with Crippen molar-refractivity contribution in [2.75, 3.05) is 26.2 Å². The van der Waals surface area contributed by atoms with E-state index in [4.69, 9.17) is 0 Å². The highest BCUT2D eigenvalue weighted by molar-refractivity contribution is 5.83. The number of carbonyl (C=O) groups is 2. The van der Waals surface area contributed by atoms with E-state index in [0.717, 1.165) is 17.7 Å². The van der Waals surface area contributed by atoms with Crippen molar-refractivity contribution in [3.63, 3.8) is 0 Å². The Hall–Kier alpha value is -3.67. The Morgan fingerprint density at radius 2 is 1.65 bits per heavy atom. The van der Waals surface area contributed by atoms with Crippen LogP contribution in [0.25, 0.3) is 0 Å². The number of carbonyl (C=O) groups excluding carboxylic acids is 2. The Balaban J connectivity index is 1.30. The Morgan fingerprint density at radius 1 is 0.957 bits per heavy atom. The third kappa shape index (κ3) is 8.57. The second kappa shape index (κ2) is 14.8. The quantitative estimate of drug-likeness (QED) is 0.218. The number of nitrogens with one attached hydrogen (secondary N) is 2. The first-order valence-corrected chi connectivity index (χ1v) is 16.1. The van der Waals surface area contributed by atoms with Crippen molar-refractivity contribution < 1.29 is 24.9 Å². The van der Waals surface area contributed by atoms with Crippen molar-refractivity contribution in [1.82, 2.24) is 25.4 Å². The second-order valence-corrected chi connectivity index (χ2v) is 13.7. The molecule has 46 heavy (non-hydrogen) atoms. The van der Waals surface area contributed by atoms with Gasteiger partial charge in [0.1, 0.15) is 18.2 Å². The van der Waals surface area contributed by atoms with Crippen molar-refractivity contribution in [2.24, 2.45) is 5.92 Å².